The quantitative estimate of drug-likeness (QED) is 0.797. The van der Waals surface area contributed by atoms with Crippen molar-refractivity contribution < 1.29 is 0 Å². The van der Waals surface area contributed by atoms with Gasteiger partial charge in [0.2, 0.25) is 0 Å². The van der Waals surface area contributed by atoms with E-state index in [9.17, 15) is 0 Å². The van der Waals surface area contributed by atoms with Crippen LogP contribution in [0.15, 0.2) is 29.2 Å². The van der Waals surface area contributed by atoms with Gasteiger partial charge in [-0.15, -0.1) is 11.8 Å². The molecular formula is C15H23NS. The molecule has 0 aliphatic carbocycles. The third kappa shape index (κ3) is 2.86. The van der Waals surface area contributed by atoms with E-state index in [0.717, 1.165) is 5.92 Å². The summed E-state index contributed by atoms with van der Waals surface area (Å²) in [6, 6.07) is 9.53. The molecule has 1 aromatic carbocycles. The molecule has 0 N–H and O–H groups in total. The number of benzene rings is 1. The molecule has 0 bridgehead atoms. The lowest BCUT2D eigenvalue weighted by atomic mass is 9.98. The molecule has 0 amide bonds. The molecule has 0 saturated heterocycles. The number of nitrogens with zero attached hydrogens (tertiary/aromatic N) is 1. The molecule has 1 aliphatic heterocycles. The third-order valence-electron chi connectivity index (χ3n) is 3.97. The molecule has 2 unspecified atom stereocenters. The topological polar surface area (TPSA) is 3.24 Å². The first-order valence-corrected chi connectivity index (χ1v) is 7.50. The van der Waals surface area contributed by atoms with Crippen molar-refractivity contribution in [2.75, 3.05) is 19.3 Å². The number of hydrogen-bond acceptors (Lipinski definition) is 2. The molecule has 0 radical (unpaired) electrons. The van der Waals surface area contributed by atoms with Crippen molar-refractivity contribution in [2.24, 2.45) is 5.92 Å². The van der Waals surface area contributed by atoms with Crippen molar-refractivity contribution in [3.05, 3.63) is 29.8 Å². The van der Waals surface area contributed by atoms with E-state index in [1.54, 1.807) is 5.56 Å². The Balaban J connectivity index is 2.02. The van der Waals surface area contributed by atoms with Gasteiger partial charge in [0.05, 0.1) is 0 Å². The highest BCUT2D eigenvalue weighted by atomic mass is 32.2. The molecule has 0 aromatic heterocycles. The number of fused-ring (bicyclic) bond motifs is 1. The minimum atomic E-state index is 0.660. The van der Waals surface area contributed by atoms with Gasteiger partial charge in [0.1, 0.15) is 0 Å². The average Bonchev–Trinajstić information content (AvgIpc) is 2.71. The van der Waals surface area contributed by atoms with Gasteiger partial charge >= 0.3 is 0 Å². The number of hydrogen-bond donors (Lipinski definition) is 0. The Morgan fingerprint density at radius 1 is 1.29 bits per heavy atom. The van der Waals surface area contributed by atoms with Gasteiger partial charge in [0.15, 0.2) is 0 Å². The zero-order valence-electron chi connectivity index (χ0n) is 11.3. The maximum Gasteiger partial charge on any atom is 0.0108 e. The molecule has 2 heteroatoms. The van der Waals surface area contributed by atoms with E-state index in [2.05, 4.69) is 57.0 Å². The smallest absolute Gasteiger partial charge is 0.0108 e. The highest BCUT2D eigenvalue weighted by Crippen LogP contribution is 2.39. The second-order valence-corrected chi connectivity index (χ2v) is 6.53. The van der Waals surface area contributed by atoms with E-state index < -0.39 is 0 Å². The monoisotopic (exact) mass is 249 g/mol. The third-order valence-corrected chi connectivity index (χ3v) is 5.22. The van der Waals surface area contributed by atoms with Crippen molar-refractivity contribution in [3.8, 4) is 0 Å². The number of thioether (sulfide) groups is 1. The number of likely N-dealkylation sites (N-methyl/N-ethyl adjacent to an activating group) is 1. The SMILES string of the molecule is CC(C)C(C)N(C)CC1CSc2ccccc21. The first-order chi connectivity index (χ1) is 8.09. The van der Waals surface area contributed by atoms with Crippen molar-refractivity contribution in [3.63, 3.8) is 0 Å². The number of rotatable bonds is 4. The summed E-state index contributed by atoms with van der Waals surface area (Å²) in [5, 5.41) is 0. The zero-order chi connectivity index (χ0) is 12.4. The highest BCUT2D eigenvalue weighted by Gasteiger charge is 2.25. The van der Waals surface area contributed by atoms with Gasteiger partial charge in [-0.05, 0) is 31.5 Å². The van der Waals surface area contributed by atoms with Gasteiger partial charge < -0.3 is 4.90 Å². The predicted octanol–water partition coefficient (Wildman–Crippen LogP) is 3.85. The lowest BCUT2D eigenvalue weighted by Gasteiger charge is -2.30. The molecule has 1 aromatic rings. The second kappa shape index (κ2) is 5.45. The Hall–Kier alpha value is -0.470. The summed E-state index contributed by atoms with van der Waals surface area (Å²) in [6.07, 6.45) is 0. The Labute approximate surface area is 110 Å². The van der Waals surface area contributed by atoms with Crippen molar-refractivity contribution in [1.82, 2.24) is 4.90 Å². The fourth-order valence-corrected chi connectivity index (χ4v) is 3.65. The van der Waals surface area contributed by atoms with Gasteiger partial charge in [-0.2, -0.15) is 0 Å². The summed E-state index contributed by atoms with van der Waals surface area (Å²) in [4.78, 5) is 4.00. The summed E-state index contributed by atoms with van der Waals surface area (Å²) < 4.78 is 0. The van der Waals surface area contributed by atoms with Crippen LogP contribution in [0.2, 0.25) is 0 Å². The molecule has 94 valence electrons. The molecular weight excluding hydrogens is 226 g/mol. The van der Waals surface area contributed by atoms with Gasteiger partial charge in [0, 0.05) is 29.2 Å². The fraction of sp³-hybridized carbons (Fsp3) is 0.600. The van der Waals surface area contributed by atoms with Gasteiger partial charge in [-0.1, -0.05) is 32.0 Å². The largest absolute Gasteiger partial charge is 0.303 e. The van der Waals surface area contributed by atoms with Crippen molar-refractivity contribution in [2.45, 2.75) is 37.6 Å². The van der Waals surface area contributed by atoms with Crippen LogP contribution >= 0.6 is 11.8 Å². The Bertz CT molecular complexity index is 375. The Morgan fingerprint density at radius 2 is 2.00 bits per heavy atom. The molecule has 0 saturated carbocycles. The lowest BCUT2D eigenvalue weighted by molar-refractivity contribution is 0.200. The summed E-state index contributed by atoms with van der Waals surface area (Å²) >= 11 is 2.01. The molecule has 1 nitrogen and oxygen atoms in total. The predicted molar refractivity (Wildman–Crippen MR) is 76.8 cm³/mol. The maximum atomic E-state index is 2.51. The van der Waals surface area contributed by atoms with Crippen LogP contribution < -0.4 is 0 Å². The summed E-state index contributed by atoms with van der Waals surface area (Å²) in [6.45, 7) is 8.12. The van der Waals surface area contributed by atoms with Crippen LogP contribution in [-0.2, 0) is 0 Å². The van der Waals surface area contributed by atoms with E-state index in [4.69, 9.17) is 0 Å². The van der Waals surface area contributed by atoms with E-state index in [-0.39, 0.29) is 0 Å². The van der Waals surface area contributed by atoms with Gasteiger partial charge in [0.25, 0.3) is 0 Å². The van der Waals surface area contributed by atoms with E-state index in [1.165, 1.54) is 17.2 Å². The van der Waals surface area contributed by atoms with Gasteiger partial charge in [-0.25, -0.2) is 0 Å². The van der Waals surface area contributed by atoms with Crippen molar-refractivity contribution in [1.29, 1.82) is 0 Å². The molecule has 0 spiro atoms. The van der Waals surface area contributed by atoms with E-state index >= 15 is 0 Å². The average molecular weight is 249 g/mol. The zero-order valence-corrected chi connectivity index (χ0v) is 12.1. The van der Waals surface area contributed by atoms with Crippen LogP contribution in [0.4, 0.5) is 0 Å². The highest BCUT2D eigenvalue weighted by molar-refractivity contribution is 7.99. The molecule has 1 aliphatic rings. The summed E-state index contributed by atoms with van der Waals surface area (Å²) in [5.74, 6) is 2.68. The summed E-state index contributed by atoms with van der Waals surface area (Å²) in [5.41, 5.74) is 1.56. The van der Waals surface area contributed by atoms with Crippen LogP contribution in [0.5, 0.6) is 0 Å². The molecule has 1 heterocycles. The minimum Gasteiger partial charge on any atom is -0.303 e. The van der Waals surface area contributed by atoms with Crippen LogP contribution in [0, 0.1) is 5.92 Å². The summed E-state index contributed by atoms with van der Waals surface area (Å²) in [7, 11) is 2.26. The van der Waals surface area contributed by atoms with Crippen LogP contribution in [-0.4, -0.2) is 30.3 Å². The molecule has 2 rings (SSSR count). The molecule has 17 heavy (non-hydrogen) atoms. The Kier molecular flexibility index (Phi) is 4.16. The Morgan fingerprint density at radius 3 is 2.71 bits per heavy atom. The van der Waals surface area contributed by atoms with Crippen molar-refractivity contribution >= 4 is 11.8 Å². The van der Waals surface area contributed by atoms with Crippen LogP contribution in [0.25, 0.3) is 0 Å². The minimum absolute atomic E-state index is 0.660. The lowest BCUT2D eigenvalue weighted by Crippen LogP contribution is -2.36. The second-order valence-electron chi connectivity index (χ2n) is 5.47. The standard InChI is InChI=1S/C15H23NS/c1-11(2)12(3)16(4)9-13-10-17-15-8-6-5-7-14(13)15/h5-8,11-13H,9-10H2,1-4H3. The molecule has 0 fully saturated rings. The molecule has 2 atom stereocenters. The van der Waals surface area contributed by atoms with Gasteiger partial charge in [-0.3, -0.25) is 0 Å². The first-order valence-electron chi connectivity index (χ1n) is 6.51. The fourth-order valence-electron chi connectivity index (χ4n) is 2.40. The maximum absolute atomic E-state index is 2.51. The first kappa shape index (κ1) is 13.0. The van der Waals surface area contributed by atoms with Crippen LogP contribution in [0.1, 0.15) is 32.3 Å². The normalized spacial score (nSPS) is 20.9. The van der Waals surface area contributed by atoms with E-state index in [0.29, 0.717) is 12.0 Å². The van der Waals surface area contributed by atoms with E-state index in [1.807, 2.05) is 11.8 Å². The van der Waals surface area contributed by atoms with Crippen LogP contribution in [0.3, 0.4) is 0 Å².